The van der Waals surface area contributed by atoms with Gasteiger partial charge in [0, 0.05) is 10.9 Å². The Kier molecular flexibility index (Phi) is 2.57. The molecule has 0 unspecified atom stereocenters. The van der Waals surface area contributed by atoms with Crippen LogP contribution < -0.4 is 0 Å². The maximum atomic E-state index is 10.7. The Morgan fingerprint density at radius 2 is 1.83 bits per heavy atom. The zero-order valence-electron chi connectivity index (χ0n) is 9.37. The first-order valence-electron chi connectivity index (χ1n) is 5.47. The van der Waals surface area contributed by atoms with E-state index in [9.17, 15) is 10.1 Å². The Hall–Kier alpha value is -2.20. The lowest BCUT2D eigenvalue weighted by atomic mass is 10.0. The van der Waals surface area contributed by atoms with E-state index in [2.05, 4.69) is 0 Å². The van der Waals surface area contributed by atoms with Crippen LogP contribution in [0.1, 0.15) is 0 Å². The largest absolute Gasteiger partial charge is 0.280 e. The Balaban J connectivity index is 2.21. The van der Waals surface area contributed by atoms with Crippen molar-refractivity contribution in [3.05, 3.63) is 64.0 Å². The molecule has 1 aromatic heterocycles. The van der Waals surface area contributed by atoms with E-state index in [1.165, 1.54) is 11.3 Å². The molecule has 0 aliphatic carbocycles. The molecule has 3 rings (SSSR count). The maximum Gasteiger partial charge on any atom is 0.280 e. The highest BCUT2D eigenvalue weighted by atomic mass is 32.1. The molecule has 1 heterocycles. The van der Waals surface area contributed by atoms with Gasteiger partial charge < -0.3 is 0 Å². The lowest BCUT2D eigenvalue weighted by Gasteiger charge is -2.03. The van der Waals surface area contributed by atoms with E-state index in [-0.39, 0.29) is 10.6 Å². The van der Waals surface area contributed by atoms with Gasteiger partial charge in [-0.3, -0.25) is 10.1 Å². The van der Waals surface area contributed by atoms with Crippen molar-refractivity contribution in [1.29, 1.82) is 0 Å². The second-order valence-electron chi connectivity index (χ2n) is 3.95. The van der Waals surface area contributed by atoms with Gasteiger partial charge in [0.15, 0.2) is 0 Å². The maximum absolute atomic E-state index is 10.7. The van der Waals surface area contributed by atoms with Gasteiger partial charge in [-0.15, -0.1) is 11.3 Å². The molecule has 2 aromatic carbocycles. The Bertz CT molecular complexity index is 728. The van der Waals surface area contributed by atoms with Crippen LogP contribution in [0, 0.1) is 10.1 Å². The molecule has 3 nitrogen and oxygen atoms in total. The summed E-state index contributed by atoms with van der Waals surface area (Å²) in [5.41, 5.74) is 1.20. The number of hydrogen-bond acceptors (Lipinski definition) is 3. The molecule has 3 aromatic rings. The second kappa shape index (κ2) is 4.23. The Labute approximate surface area is 107 Å². The van der Waals surface area contributed by atoms with Crippen LogP contribution in [0.2, 0.25) is 0 Å². The topological polar surface area (TPSA) is 43.1 Å². The summed E-state index contributed by atoms with van der Waals surface area (Å²) < 4.78 is 0. The number of thiophene rings is 1. The van der Waals surface area contributed by atoms with Crippen molar-refractivity contribution < 1.29 is 4.92 Å². The summed E-state index contributed by atoms with van der Waals surface area (Å²) in [4.78, 5) is 11.3. The van der Waals surface area contributed by atoms with Gasteiger partial charge in [-0.05, 0) is 16.3 Å². The van der Waals surface area contributed by atoms with Crippen LogP contribution in [0.3, 0.4) is 0 Å². The number of nitro groups is 1. The molecule has 0 N–H and O–H groups in total. The fourth-order valence-corrected chi connectivity index (χ4v) is 2.90. The number of benzene rings is 2. The van der Waals surface area contributed by atoms with Crippen LogP contribution >= 0.6 is 11.3 Å². The van der Waals surface area contributed by atoms with Crippen molar-refractivity contribution in [2.45, 2.75) is 0 Å². The molecule has 4 heteroatoms. The molecule has 88 valence electrons. The van der Waals surface area contributed by atoms with Crippen molar-refractivity contribution in [2.75, 3.05) is 0 Å². The highest BCUT2D eigenvalue weighted by Crippen LogP contribution is 2.35. The van der Waals surface area contributed by atoms with Gasteiger partial charge in [-0.2, -0.15) is 0 Å². The second-order valence-corrected chi connectivity index (χ2v) is 4.86. The van der Waals surface area contributed by atoms with E-state index in [4.69, 9.17) is 0 Å². The van der Waals surface area contributed by atoms with Gasteiger partial charge in [-0.25, -0.2) is 0 Å². The summed E-state index contributed by atoms with van der Waals surface area (Å²) in [5.74, 6) is 0. The summed E-state index contributed by atoms with van der Waals surface area (Å²) >= 11 is 1.40. The third-order valence-corrected chi connectivity index (χ3v) is 3.80. The summed E-state index contributed by atoms with van der Waals surface area (Å²) in [7, 11) is 0. The fourth-order valence-electron chi connectivity index (χ4n) is 2.00. The minimum Gasteiger partial charge on any atom is -0.258 e. The zero-order valence-corrected chi connectivity index (χ0v) is 10.2. The third-order valence-electron chi connectivity index (χ3n) is 2.85. The number of fused-ring (bicyclic) bond motifs is 1. The first-order valence-corrected chi connectivity index (χ1v) is 6.35. The number of nitrogens with zero attached hydrogens (tertiary/aromatic N) is 1. The molecular formula is C14H9NO2S. The smallest absolute Gasteiger partial charge is 0.258 e. The van der Waals surface area contributed by atoms with E-state index < -0.39 is 0 Å². The van der Waals surface area contributed by atoms with Gasteiger partial charge >= 0.3 is 0 Å². The van der Waals surface area contributed by atoms with Crippen LogP contribution in [-0.2, 0) is 0 Å². The Morgan fingerprint density at radius 1 is 1.06 bits per heavy atom. The number of rotatable bonds is 2. The zero-order chi connectivity index (χ0) is 12.5. The molecule has 0 aliphatic heterocycles. The van der Waals surface area contributed by atoms with E-state index in [1.54, 1.807) is 11.4 Å². The predicted molar refractivity (Wildman–Crippen MR) is 73.9 cm³/mol. The average Bonchev–Trinajstić information content (AvgIpc) is 2.87. The van der Waals surface area contributed by atoms with E-state index >= 15 is 0 Å². The van der Waals surface area contributed by atoms with E-state index in [0.717, 1.165) is 21.2 Å². The molecule has 0 aliphatic rings. The van der Waals surface area contributed by atoms with Crippen LogP contribution in [0.15, 0.2) is 53.9 Å². The molecule has 0 saturated heterocycles. The molecule has 18 heavy (non-hydrogen) atoms. The third kappa shape index (κ3) is 1.76. The molecular weight excluding hydrogens is 246 g/mol. The highest BCUT2D eigenvalue weighted by molar-refractivity contribution is 7.14. The molecule has 0 atom stereocenters. The lowest BCUT2D eigenvalue weighted by Crippen LogP contribution is -1.83. The van der Waals surface area contributed by atoms with Gasteiger partial charge in [-0.1, -0.05) is 42.5 Å². The summed E-state index contributed by atoms with van der Waals surface area (Å²) in [6, 6.07) is 15.7. The molecule has 0 saturated carbocycles. The fraction of sp³-hybridized carbons (Fsp3) is 0. The standard InChI is InChI=1S/C14H9NO2S/c16-15(17)11-8-14(18-9-11)13-7-3-5-10-4-1-2-6-12(10)13/h1-9H. The van der Waals surface area contributed by atoms with Crippen molar-refractivity contribution in [1.82, 2.24) is 0 Å². The molecule has 0 fully saturated rings. The van der Waals surface area contributed by atoms with E-state index in [0.29, 0.717) is 0 Å². The quantitative estimate of drug-likeness (QED) is 0.500. The van der Waals surface area contributed by atoms with Gasteiger partial charge in [0.2, 0.25) is 0 Å². The minimum atomic E-state index is -0.356. The first kappa shape index (κ1) is 10.9. The van der Waals surface area contributed by atoms with Crippen molar-refractivity contribution in [3.63, 3.8) is 0 Å². The molecule has 0 spiro atoms. The van der Waals surface area contributed by atoms with Crippen molar-refractivity contribution >= 4 is 27.8 Å². The van der Waals surface area contributed by atoms with Crippen LogP contribution in [0.25, 0.3) is 21.2 Å². The normalized spacial score (nSPS) is 10.7. The summed E-state index contributed by atoms with van der Waals surface area (Å²) in [6.45, 7) is 0. The van der Waals surface area contributed by atoms with Crippen molar-refractivity contribution in [2.24, 2.45) is 0 Å². The van der Waals surface area contributed by atoms with Crippen LogP contribution in [0.4, 0.5) is 5.69 Å². The lowest BCUT2D eigenvalue weighted by molar-refractivity contribution is -0.384. The Morgan fingerprint density at radius 3 is 2.61 bits per heavy atom. The average molecular weight is 255 g/mol. The van der Waals surface area contributed by atoms with Gasteiger partial charge in [0.05, 0.1) is 10.3 Å². The summed E-state index contributed by atoms with van der Waals surface area (Å²) in [6.07, 6.45) is 0. The first-order chi connectivity index (χ1) is 8.75. The van der Waals surface area contributed by atoms with Gasteiger partial charge in [0.1, 0.15) is 0 Å². The number of hydrogen-bond donors (Lipinski definition) is 0. The molecule has 0 radical (unpaired) electrons. The summed E-state index contributed by atoms with van der Waals surface area (Å²) in [5, 5.41) is 14.6. The van der Waals surface area contributed by atoms with E-state index in [1.807, 2.05) is 42.5 Å². The van der Waals surface area contributed by atoms with Crippen LogP contribution in [0.5, 0.6) is 0 Å². The molecule has 0 amide bonds. The minimum absolute atomic E-state index is 0.155. The van der Waals surface area contributed by atoms with Crippen molar-refractivity contribution in [3.8, 4) is 10.4 Å². The van der Waals surface area contributed by atoms with Gasteiger partial charge in [0.25, 0.3) is 5.69 Å². The highest BCUT2D eigenvalue weighted by Gasteiger charge is 2.12. The monoisotopic (exact) mass is 255 g/mol. The predicted octanol–water partition coefficient (Wildman–Crippen LogP) is 4.48. The SMILES string of the molecule is O=[N+]([O-])c1csc(-c2cccc3ccccc23)c1. The van der Waals surface area contributed by atoms with Crippen LogP contribution in [-0.4, -0.2) is 4.92 Å². The molecule has 0 bridgehead atoms.